The Morgan fingerprint density at radius 1 is 0.862 bits per heavy atom. The Labute approximate surface area is 167 Å². The van der Waals surface area contributed by atoms with Crippen molar-refractivity contribution in [2.75, 3.05) is 11.9 Å². The van der Waals surface area contributed by atoms with Crippen molar-refractivity contribution in [1.29, 1.82) is 0 Å². The lowest BCUT2D eigenvalue weighted by Crippen LogP contribution is -2.42. The Balaban J connectivity index is 1.77. The number of amides is 3. The highest BCUT2D eigenvalue weighted by molar-refractivity contribution is 6.05. The number of carboxylic acids is 1. The summed E-state index contributed by atoms with van der Waals surface area (Å²) in [5.74, 6) is -2.30. The van der Waals surface area contributed by atoms with Crippen LogP contribution in [0, 0.1) is 0 Å². The van der Waals surface area contributed by atoms with Crippen LogP contribution in [0.5, 0.6) is 5.75 Å². The Kier molecular flexibility index (Phi) is 7.72. The van der Waals surface area contributed by atoms with Gasteiger partial charge in [-0.1, -0.05) is 12.1 Å². The van der Waals surface area contributed by atoms with Gasteiger partial charge in [0.2, 0.25) is 11.8 Å². The molecule has 0 saturated heterocycles. The van der Waals surface area contributed by atoms with Gasteiger partial charge in [0.15, 0.2) is 0 Å². The van der Waals surface area contributed by atoms with Crippen LogP contribution in [0.1, 0.15) is 40.5 Å². The molecule has 0 spiro atoms. The molecule has 0 aliphatic carbocycles. The average molecular weight is 399 g/mol. The van der Waals surface area contributed by atoms with Gasteiger partial charge in [-0.15, -0.1) is 0 Å². The van der Waals surface area contributed by atoms with E-state index in [1.165, 1.54) is 24.3 Å². The van der Waals surface area contributed by atoms with E-state index in [1.807, 2.05) is 6.92 Å². The van der Waals surface area contributed by atoms with E-state index < -0.39 is 17.8 Å². The first-order chi connectivity index (χ1) is 13.9. The van der Waals surface area contributed by atoms with Gasteiger partial charge in [-0.3, -0.25) is 25.2 Å². The highest BCUT2D eigenvalue weighted by Gasteiger charge is 2.16. The Morgan fingerprint density at radius 3 is 2.10 bits per heavy atom. The summed E-state index contributed by atoms with van der Waals surface area (Å²) in [6, 6.07) is 12.4. The van der Waals surface area contributed by atoms with Crippen molar-refractivity contribution >= 4 is 29.4 Å². The van der Waals surface area contributed by atoms with Crippen LogP contribution in [-0.4, -0.2) is 35.4 Å². The Morgan fingerprint density at radius 2 is 1.48 bits per heavy atom. The summed E-state index contributed by atoms with van der Waals surface area (Å²) < 4.78 is 5.31. The van der Waals surface area contributed by atoms with E-state index in [9.17, 15) is 19.2 Å². The topological polar surface area (TPSA) is 134 Å². The molecule has 0 bridgehead atoms. The lowest BCUT2D eigenvalue weighted by Gasteiger charge is -2.09. The minimum absolute atomic E-state index is 0.0893. The van der Waals surface area contributed by atoms with Crippen LogP contribution in [0.2, 0.25) is 0 Å². The number of benzene rings is 2. The molecule has 0 aliphatic rings. The van der Waals surface area contributed by atoms with Crippen LogP contribution in [0.3, 0.4) is 0 Å². The fourth-order valence-electron chi connectivity index (χ4n) is 2.38. The fraction of sp³-hybridized carbons (Fsp3) is 0.200. The molecule has 0 heterocycles. The van der Waals surface area contributed by atoms with E-state index in [2.05, 4.69) is 16.2 Å². The van der Waals surface area contributed by atoms with Gasteiger partial charge in [-0.2, -0.15) is 0 Å². The summed E-state index contributed by atoms with van der Waals surface area (Å²) in [6.45, 7) is 2.41. The molecule has 2 aromatic carbocycles. The van der Waals surface area contributed by atoms with Gasteiger partial charge in [0, 0.05) is 18.5 Å². The quantitative estimate of drug-likeness (QED) is 0.502. The molecule has 9 heteroatoms. The summed E-state index contributed by atoms with van der Waals surface area (Å²) in [6.07, 6.45) is -0.260. The van der Waals surface area contributed by atoms with E-state index >= 15 is 0 Å². The van der Waals surface area contributed by atoms with Crippen LogP contribution in [0.4, 0.5) is 5.69 Å². The molecule has 0 aromatic heterocycles. The van der Waals surface area contributed by atoms with Crippen molar-refractivity contribution in [3.63, 3.8) is 0 Å². The molecule has 0 fully saturated rings. The van der Waals surface area contributed by atoms with Gasteiger partial charge in [-0.05, 0) is 43.3 Å². The zero-order valence-corrected chi connectivity index (χ0v) is 15.7. The normalized spacial score (nSPS) is 9.97. The van der Waals surface area contributed by atoms with E-state index in [0.29, 0.717) is 18.0 Å². The molecule has 0 atom stereocenters. The monoisotopic (exact) mass is 399 g/mol. The highest BCUT2D eigenvalue weighted by Crippen LogP contribution is 2.15. The van der Waals surface area contributed by atoms with Gasteiger partial charge in [-0.25, -0.2) is 4.79 Å². The van der Waals surface area contributed by atoms with Crippen molar-refractivity contribution in [3.8, 4) is 5.75 Å². The van der Waals surface area contributed by atoms with Crippen molar-refractivity contribution < 1.29 is 29.0 Å². The number of hydrogen-bond donors (Lipinski definition) is 4. The van der Waals surface area contributed by atoms with E-state index in [-0.39, 0.29) is 29.9 Å². The molecule has 0 aliphatic heterocycles. The van der Waals surface area contributed by atoms with Crippen molar-refractivity contribution in [2.24, 2.45) is 0 Å². The van der Waals surface area contributed by atoms with Crippen molar-refractivity contribution in [2.45, 2.75) is 19.8 Å². The molecule has 0 radical (unpaired) electrons. The van der Waals surface area contributed by atoms with Crippen LogP contribution in [0.15, 0.2) is 48.5 Å². The molecular formula is C20H21N3O6. The van der Waals surface area contributed by atoms with Gasteiger partial charge in [0.25, 0.3) is 5.91 Å². The SMILES string of the molecule is CCOc1ccc(NC(=O)CCC(=O)NNC(=O)c2ccccc2C(=O)O)cc1. The maximum absolute atomic E-state index is 12.0. The minimum atomic E-state index is -1.26. The maximum Gasteiger partial charge on any atom is 0.336 e. The zero-order valence-electron chi connectivity index (χ0n) is 15.7. The average Bonchev–Trinajstić information content (AvgIpc) is 2.72. The number of hydrazine groups is 1. The first-order valence-corrected chi connectivity index (χ1v) is 8.85. The predicted octanol–water partition coefficient (Wildman–Crippen LogP) is 1.96. The molecule has 0 unspecified atom stereocenters. The number of carbonyl (C=O) groups excluding carboxylic acids is 3. The third-order valence-corrected chi connectivity index (χ3v) is 3.75. The molecule has 3 amide bonds. The van der Waals surface area contributed by atoms with Crippen molar-refractivity contribution in [1.82, 2.24) is 10.9 Å². The van der Waals surface area contributed by atoms with Crippen LogP contribution >= 0.6 is 0 Å². The lowest BCUT2D eigenvalue weighted by molar-refractivity contribution is -0.124. The second kappa shape index (κ2) is 10.5. The first-order valence-electron chi connectivity index (χ1n) is 8.85. The van der Waals surface area contributed by atoms with E-state index in [1.54, 1.807) is 24.3 Å². The van der Waals surface area contributed by atoms with Crippen LogP contribution in [-0.2, 0) is 9.59 Å². The highest BCUT2D eigenvalue weighted by atomic mass is 16.5. The van der Waals surface area contributed by atoms with Gasteiger partial charge in [0.05, 0.1) is 17.7 Å². The number of anilines is 1. The number of carbonyl (C=O) groups is 4. The summed E-state index contributed by atoms with van der Waals surface area (Å²) in [7, 11) is 0. The minimum Gasteiger partial charge on any atom is -0.494 e. The largest absolute Gasteiger partial charge is 0.494 e. The maximum atomic E-state index is 12.0. The molecular weight excluding hydrogens is 378 g/mol. The molecule has 2 rings (SSSR count). The number of nitrogens with one attached hydrogen (secondary N) is 3. The molecule has 2 aromatic rings. The zero-order chi connectivity index (χ0) is 21.2. The van der Waals surface area contributed by atoms with E-state index in [0.717, 1.165) is 0 Å². The second-order valence-electron chi connectivity index (χ2n) is 5.86. The van der Waals surface area contributed by atoms with Gasteiger partial charge >= 0.3 is 5.97 Å². The van der Waals surface area contributed by atoms with Gasteiger partial charge in [0.1, 0.15) is 5.75 Å². The number of hydrogen-bond acceptors (Lipinski definition) is 5. The van der Waals surface area contributed by atoms with Crippen LogP contribution in [0.25, 0.3) is 0 Å². The third-order valence-electron chi connectivity index (χ3n) is 3.75. The fourth-order valence-corrected chi connectivity index (χ4v) is 2.38. The number of carboxylic acid groups (broad SMARTS) is 1. The first kappa shape index (κ1) is 21.4. The Bertz CT molecular complexity index is 895. The van der Waals surface area contributed by atoms with Gasteiger partial charge < -0.3 is 15.2 Å². The summed E-state index contributed by atoms with van der Waals surface area (Å²) in [5, 5.41) is 11.7. The number of ether oxygens (including phenoxy) is 1. The number of rotatable bonds is 8. The molecule has 9 nitrogen and oxygen atoms in total. The van der Waals surface area contributed by atoms with E-state index in [4.69, 9.17) is 9.84 Å². The Hall–Kier alpha value is -3.88. The third kappa shape index (κ3) is 6.65. The summed E-state index contributed by atoms with van der Waals surface area (Å²) >= 11 is 0. The van der Waals surface area contributed by atoms with Crippen molar-refractivity contribution in [3.05, 3.63) is 59.7 Å². The predicted molar refractivity (Wildman–Crippen MR) is 104 cm³/mol. The molecule has 0 saturated carbocycles. The summed E-state index contributed by atoms with van der Waals surface area (Å²) in [5.41, 5.74) is 4.59. The smallest absolute Gasteiger partial charge is 0.336 e. The second-order valence-corrected chi connectivity index (χ2v) is 5.86. The summed E-state index contributed by atoms with van der Waals surface area (Å²) in [4.78, 5) is 46.9. The van der Waals surface area contributed by atoms with Crippen LogP contribution < -0.4 is 20.9 Å². The molecule has 152 valence electrons. The standard InChI is InChI=1S/C20H21N3O6/c1-2-29-14-9-7-13(8-10-14)21-17(24)11-12-18(25)22-23-19(26)15-5-3-4-6-16(15)20(27)28/h3-10H,2,11-12H2,1H3,(H,21,24)(H,22,25)(H,23,26)(H,27,28). The number of aromatic carboxylic acids is 1. The molecule has 29 heavy (non-hydrogen) atoms. The molecule has 4 N–H and O–H groups in total. The lowest BCUT2D eigenvalue weighted by atomic mass is 10.1.